The highest BCUT2D eigenvalue weighted by Crippen LogP contribution is 2.32. The predicted molar refractivity (Wildman–Crippen MR) is 106 cm³/mol. The van der Waals surface area contributed by atoms with Crippen LogP contribution in [0.2, 0.25) is 10.3 Å². The Bertz CT molecular complexity index is 1220. The van der Waals surface area contributed by atoms with Crippen molar-refractivity contribution in [3.63, 3.8) is 0 Å². The zero-order chi connectivity index (χ0) is 21.2. The zero-order valence-electron chi connectivity index (χ0n) is 14.3. The lowest BCUT2D eigenvalue weighted by atomic mass is 10.1. The molecule has 3 rings (SSSR count). The molecule has 1 heterocycles. The van der Waals surface area contributed by atoms with Crippen LogP contribution in [0.4, 0.5) is 14.5 Å². The van der Waals surface area contributed by atoms with Gasteiger partial charge in [0.15, 0.2) is 0 Å². The fourth-order valence-electron chi connectivity index (χ4n) is 2.34. The van der Waals surface area contributed by atoms with Gasteiger partial charge in [0.1, 0.15) is 22.3 Å². The lowest BCUT2D eigenvalue weighted by molar-refractivity contribution is 0.515. The van der Waals surface area contributed by atoms with E-state index in [4.69, 9.17) is 23.2 Å². The van der Waals surface area contributed by atoms with E-state index in [1.807, 2.05) is 0 Å². The zero-order valence-corrected chi connectivity index (χ0v) is 16.6. The van der Waals surface area contributed by atoms with Gasteiger partial charge in [0.2, 0.25) is 5.28 Å². The van der Waals surface area contributed by atoms with Crippen molar-refractivity contribution in [2.45, 2.75) is 4.90 Å². The van der Waals surface area contributed by atoms with Crippen LogP contribution in [0.25, 0.3) is 11.8 Å². The van der Waals surface area contributed by atoms with Crippen molar-refractivity contribution >= 4 is 50.7 Å². The number of halogens is 4. The second kappa shape index (κ2) is 8.32. The number of aliphatic hydroxyl groups excluding tert-OH is 1. The van der Waals surface area contributed by atoms with E-state index in [0.29, 0.717) is 12.1 Å². The van der Waals surface area contributed by atoms with Crippen LogP contribution >= 0.6 is 23.2 Å². The Hall–Kier alpha value is -2.75. The molecular formula is C18H11Cl2F2N3O3S. The monoisotopic (exact) mass is 457 g/mol. The van der Waals surface area contributed by atoms with Gasteiger partial charge in [-0.1, -0.05) is 17.7 Å². The molecule has 0 fully saturated rings. The van der Waals surface area contributed by atoms with Crippen LogP contribution in [-0.2, 0) is 10.0 Å². The summed E-state index contributed by atoms with van der Waals surface area (Å²) in [6.07, 6.45) is 2.63. The van der Waals surface area contributed by atoms with Crippen molar-refractivity contribution < 1.29 is 22.3 Å². The van der Waals surface area contributed by atoms with Gasteiger partial charge in [-0.15, -0.1) is 0 Å². The molecule has 0 aliphatic heterocycles. The lowest BCUT2D eigenvalue weighted by Gasteiger charge is -2.13. The van der Waals surface area contributed by atoms with Gasteiger partial charge in [0.25, 0.3) is 10.0 Å². The van der Waals surface area contributed by atoms with Crippen molar-refractivity contribution in [3.05, 3.63) is 81.9 Å². The molecule has 0 bridgehead atoms. The van der Waals surface area contributed by atoms with Crippen molar-refractivity contribution in [2.24, 2.45) is 0 Å². The molecule has 2 aromatic carbocycles. The van der Waals surface area contributed by atoms with Crippen LogP contribution in [0.15, 0.2) is 53.6 Å². The van der Waals surface area contributed by atoms with Gasteiger partial charge in [0.05, 0.1) is 16.4 Å². The topological polar surface area (TPSA) is 92.2 Å². The third kappa shape index (κ3) is 4.81. The van der Waals surface area contributed by atoms with Crippen LogP contribution in [0.3, 0.4) is 0 Å². The third-order valence-corrected chi connectivity index (χ3v) is 5.60. The van der Waals surface area contributed by atoms with Crippen LogP contribution in [-0.4, -0.2) is 23.5 Å². The summed E-state index contributed by atoms with van der Waals surface area (Å²) in [6, 6.07) is 7.67. The number of hydrogen-bond acceptors (Lipinski definition) is 5. The molecule has 0 amide bonds. The standard InChI is InChI=1S/C18H11Cl2F2N3O3S/c19-17-12(15(26)9-11-6-7-23-18(20)24-11)2-1-3-14(17)25-29(27,28)16-8-10(21)4-5-13(16)22/h1-9,25-26H/b15-9-. The largest absolute Gasteiger partial charge is 0.507 e. The van der Waals surface area contributed by atoms with Gasteiger partial charge >= 0.3 is 0 Å². The molecule has 0 aliphatic rings. The van der Waals surface area contributed by atoms with E-state index >= 15 is 0 Å². The Labute approximate surface area is 174 Å². The Morgan fingerprint density at radius 1 is 1.14 bits per heavy atom. The van der Waals surface area contributed by atoms with Crippen molar-refractivity contribution in [1.29, 1.82) is 0 Å². The smallest absolute Gasteiger partial charge is 0.264 e. The number of benzene rings is 2. The molecule has 1 aromatic heterocycles. The molecule has 0 atom stereocenters. The summed E-state index contributed by atoms with van der Waals surface area (Å²) < 4.78 is 54.2. The van der Waals surface area contributed by atoms with Gasteiger partial charge in [-0.2, -0.15) is 0 Å². The summed E-state index contributed by atoms with van der Waals surface area (Å²) >= 11 is 11.9. The Balaban J connectivity index is 1.98. The normalized spacial score (nSPS) is 12.1. The first kappa shape index (κ1) is 21.0. The molecule has 0 aliphatic carbocycles. The summed E-state index contributed by atoms with van der Waals surface area (Å²) in [7, 11) is -4.48. The second-order valence-electron chi connectivity index (χ2n) is 5.63. The Kier molecular flexibility index (Phi) is 6.02. The molecule has 11 heteroatoms. The first-order valence-electron chi connectivity index (χ1n) is 7.83. The maximum atomic E-state index is 13.9. The minimum atomic E-state index is -4.48. The molecule has 0 saturated heterocycles. The van der Waals surface area contributed by atoms with E-state index in [-0.39, 0.29) is 33.0 Å². The van der Waals surface area contributed by atoms with Crippen molar-refractivity contribution in [3.8, 4) is 0 Å². The van der Waals surface area contributed by atoms with E-state index in [1.165, 1.54) is 36.5 Å². The van der Waals surface area contributed by atoms with Crippen molar-refractivity contribution in [2.75, 3.05) is 4.72 Å². The minimum Gasteiger partial charge on any atom is -0.507 e. The molecule has 0 radical (unpaired) electrons. The van der Waals surface area contributed by atoms with E-state index in [1.54, 1.807) is 0 Å². The average molecular weight is 458 g/mol. The summed E-state index contributed by atoms with van der Waals surface area (Å²) in [6.45, 7) is 0. The van der Waals surface area contributed by atoms with E-state index in [0.717, 1.165) is 6.07 Å². The number of aliphatic hydroxyl groups is 1. The number of anilines is 1. The molecule has 0 unspecified atom stereocenters. The molecule has 0 saturated carbocycles. The molecule has 29 heavy (non-hydrogen) atoms. The Morgan fingerprint density at radius 3 is 2.62 bits per heavy atom. The first-order chi connectivity index (χ1) is 13.7. The fourth-order valence-corrected chi connectivity index (χ4v) is 3.98. The summed E-state index contributed by atoms with van der Waals surface area (Å²) in [5, 5.41) is 10.2. The highest BCUT2D eigenvalue weighted by Gasteiger charge is 2.22. The van der Waals surface area contributed by atoms with Crippen LogP contribution in [0.5, 0.6) is 0 Å². The minimum absolute atomic E-state index is 0.0312. The van der Waals surface area contributed by atoms with Gasteiger partial charge in [0, 0.05) is 17.8 Å². The van der Waals surface area contributed by atoms with Gasteiger partial charge in [-0.25, -0.2) is 27.2 Å². The number of aromatic nitrogens is 2. The van der Waals surface area contributed by atoms with Crippen LogP contribution in [0.1, 0.15) is 11.3 Å². The molecule has 150 valence electrons. The second-order valence-corrected chi connectivity index (χ2v) is 7.99. The molecule has 2 N–H and O–H groups in total. The van der Waals surface area contributed by atoms with Gasteiger partial charge in [-0.3, -0.25) is 4.72 Å². The highest BCUT2D eigenvalue weighted by atomic mass is 35.5. The quantitative estimate of drug-likeness (QED) is 0.419. The van der Waals surface area contributed by atoms with Crippen LogP contribution in [0, 0.1) is 11.6 Å². The van der Waals surface area contributed by atoms with Gasteiger partial charge in [-0.05, 0) is 48.0 Å². The molecular weight excluding hydrogens is 447 g/mol. The number of hydrogen-bond donors (Lipinski definition) is 2. The number of nitrogens with zero attached hydrogens (tertiary/aromatic N) is 2. The summed E-state index contributed by atoms with van der Waals surface area (Å²) in [4.78, 5) is 6.73. The van der Waals surface area contributed by atoms with E-state index < -0.39 is 26.6 Å². The molecule has 6 nitrogen and oxygen atoms in total. The number of rotatable bonds is 5. The summed E-state index contributed by atoms with van der Waals surface area (Å²) in [5.41, 5.74) is 0.209. The predicted octanol–water partition coefficient (Wildman–Crippen LogP) is 4.92. The Morgan fingerprint density at radius 2 is 1.90 bits per heavy atom. The third-order valence-electron chi connectivity index (χ3n) is 3.63. The fraction of sp³-hybridized carbons (Fsp3) is 0. The lowest BCUT2D eigenvalue weighted by Crippen LogP contribution is -2.15. The molecule has 3 aromatic rings. The maximum Gasteiger partial charge on any atom is 0.264 e. The van der Waals surface area contributed by atoms with E-state index in [2.05, 4.69) is 14.7 Å². The number of sulfonamides is 1. The van der Waals surface area contributed by atoms with Crippen molar-refractivity contribution in [1.82, 2.24) is 9.97 Å². The van der Waals surface area contributed by atoms with Crippen LogP contribution < -0.4 is 4.72 Å². The SMILES string of the molecule is O=S(=O)(Nc1cccc(/C(O)=C/c2ccnc(Cl)n2)c1Cl)c1cc(F)ccc1F. The van der Waals surface area contributed by atoms with Gasteiger partial charge < -0.3 is 5.11 Å². The van der Waals surface area contributed by atoms with E-state index in [9.17, 15) is 22.3 Å². The summed E-state index contributed by atoms with van der Waals surface area (Å²) in [5.74, 6) is -2.38. The highest BCUT2D eigenvalue weighted by molar-refractivity contribution is 7.92. The number of nitrogens with one attached hydrogen (secondary N) is 1. The average Bonchev–Trinajstić information content (AvgIpc) is 2.65. The molecule has 0 spiro atoms. The first-order valence-corrected chi connectivity index (χ1v) is 10.1. The maximum absolute atomic E-state index is 13.9.